The molecule has 0 spiro atoms. The summed E-state index contributed by atoms with van der Waals surface area (Å²) in [6.45, 7) is 4.88. The molecule has 16 heavy (non-hydrogen) atoms. The zero-order chi connectivity index (χ0) is 12.5. The average molecular weight is 231 g/mol. The Kier molecular flexibility index (Phi) is 3.26. The predicted molar refractivity (Wildman–Crippen MR) is 54.4 cm³/mol. The minimum absolute atomic E-state index is 0.362. The summed E-state index contributed by atoms with van der Waals surface area (Å²) in [6.07, 6.45) is 0. The van der Waals surface area contributed by atoms with Gasteiger partial charge in [0, 0.05) is 5.41 Å². The highest BCUT2D eigenvalue weighted by atomic mass is 19.2. The van der Waals surface area contributed by atoms with Crippen molar-refractivity contribution in [3.8, 4) is 0 Å². The molecule has 1 aromatic carbocycles. The van der Waals surface area contributed by atoms with Crippen LogP contribution in [0.15, 0.2) is 12.1 Å². The summed E-state index contributed by atoms with van der Waals surface area (Å²) in [4.78, 5) is 11.5. The van der Waals surface area contributed by atoms with Crippen molar-refractivity contribution >= 4 is 11.6 Å². The fourth-order valence-electron chi connectivity index (χ4n) is 0.932. The van der Waals surface area contributed by atoms with Crippen LogP contribution < -0.4 is 5.32 Å². The van der Waals surface area contributed by atoms with Crippen LogP contribution in [0.4, 0.5) is 18.9 Å². The summed E-state index contributed by atoms with van der Waals surface area (Å²) < 4.78 is 38.6. The molecule has 1 rings (SSSR count). The van der Waals surface area contributed by atoms with Crippen molar-refractivity contribution < 1.29 is 18.0 Å². The summed E-state index contributed by atoms with van der Waals surface area (Å²) in [5.74, 6) is -4.74. The van der Waals surface area contributed by atoms with Crippen LogP contribution in [-0.2, 0) is 4.79 Å². The van der Waals surface area contributed by atoms with Crippen LogP contribution in [-0.4, -0.2) is 5.91 Å². The third kappa shape index (κ3) is 2.53. The molecular weight excluding hydrogens is 219 g/mol. The van der Waals surface area contributed by atoms with Gasteiger partial charge in [0.15, 0.2) is 17.5 Å². The highest BCUT2D eigenvalue weighted by Gasteiger charge is 2.23. The van der Waals surface area contributed by atoms with E-state index >= 15 is 0 Å². The van der Waals surface area contributed by atoms with Gasteiger partial charge in [-0.1, -0.05) is 20.8 Å². The number of amides is 1. The van der Waals surface area contributed by atoms with Gasteiger partial charge in [0.05, 0.1) is 5.69 Å². The minimum Gasteiger partial charge on any atom is -0.323 e. The first-order chi connectivity index (χ1) is 7.23. The van der Waals surface area contributed by atoms with E-state index in [2.05, 4.69) is 5.32 Å². The molecule has 0 atom stereocenters. The maximum Gasteiger partial charge on any atom is 0.229 e. The second-order valence-electron chi connectivity index (χ2n) is 4.43. The lowest BCUT2D eigenvalue weighted by Gasteiger charge is -2.18. The van der Waals surface area contributed by atoms with Crippen LogP contribution in [0, 0.1) is 22.9 Å². The van der Waals surface area contributed by atoms with E-state index in [1.807, 2.05) is 0 Å². The first-order valence-electron chi connectivity index (χ1n) is 4.68. The monoisotopic (exact) mass is 231 g/mol. The number of hydrogen-bond donors (Lipinski definition) is 1. The predicted octanol–water partition coefficient (Wildman–Crippen LogP) is 3.09. The smallest absolute Gasteiger partial charge is 0.229 e. The van der Waals surface area contributed by atoms with Gasteiger partial charge in [0.2, 0.25) is 5.91 Å². The molecule has 1 aromatic rings. The summed E-state index contributed by atoms with van der Waals surface area (Å²) >= 11 is 0. The molecule has 0 aliphatic heterocycles. The van der Waals surface area contributed by atoms with E-state index in [0.717, 1.165) is 12.1 Å². The van der Waals surface area contributed by atoms with Crippen LogP contribution in [0.3, 0.4) is 0 Å². The highest BCUT2D eigenvalue weighted by Crippen LogP contribution is 2.22. The molecule has 0 saturated heterocycles. The van der Waals surface area contributed by atoms with Gasteiger partial charge in [-0.2, -0.15) is 0 Å². The first kappa shape index (κ1) is 12.5. The Balaban J connectivity index is 3.00. The van der Waals surface area contributed by atoms with Crippen LogP contribution in [0.5, 0.6) is 0 Å². The van der Waals surface area contributed by atoms with E-state index < -0.39 is 28.8 Å². The van der Waals surface area contributed by atoms with Crippen molar-refractivity contribution in [2.45, 2.75) is 20.8 Å². The number of nitrogens with one attached hydrogen (secondary N) is 1. The molecule has 0 fully saturated rings. The molecule has 5 heteroatoms. The van der Waals surface area contributed by atoms with Crippen molar-refractivity contribution in [3.05, 3.63) is 29.6 Å². The molecule has 0 bridgehead atoms. The molecule has 0 saturated carbocycles. The van der Waals surface area contributed by atoms with Crippen molar-refractivity contribution in [1.82, 2.24) is 0 Å². The molecule has 88 valence electrons. The quantitative estimate of drug-likeness (QED) is 0.739. The van der Waals surface area contributed by atoms with Gasteiger partial charge in [-0.05, 0) is 12.1 Å². The maximum absolute atomic E-state index is 13.2. The normalized spacial score (nSPS) is 11.4. The Morgan fingerprint density at radius 1 is 1.12 bits per heavy atom. The summed E-state index contributed by atoms with van der Waals surface area (Å²) in [5.41, 5.74) is -1.10. The molecule has 2 nitrogen and oxygen atoms in total. The lowest BCUT2D eigenvalue weighted by Crippen LogP contribution is -2.28. The molecule has 1 N–H and O–H groups in total. The summed E-state index contributed by atoms with van der Waals surface area (Å²) in [6, 6.07) is 1.74. The minimum atomic E-state index is -1.59. The molecule has 1 amide bonds. The first-order valence-corrected chi connectivity index (χ1v) is 4.68. The van der Waals surface area contributed by atoms with Gasteiger partial charge in [-0.3, -0.25) is 4.79 Å². The van der Waals surface area contributed by atoms with Gasteiger partial charge in [-0.15, -0.1) is 0 Å². The van der Waals surface area contributed by atoms with Crippen molar-refractivity contribution in [2.75, 3.05) is 5.32 Å². The van der Waals surface area contributed by atoms with E-state index in [-0.39, 0.29) is 5.69 Å². The van der Waals surface area contributed by atoms with Gasteiger partial charge in [0.25, 0.3) is 0 Å². The van der Waals surface area contributed by atoms with E-state index in [0.29, 0.717) is 0 Å². The van der Waals surface area contributed by atoms with E-state index in [4.69, 9.17) is 0 Å². The molecule has 0 heterocycles. The Bertz CT molecular complexity index is 424. The van der Waals surface area contributed by atoms with Crippen LogP contribution >= 0.6 is 0 Å². The zero-order valence-electron chi connectivity index (χ0n) is 9.20. The van der Waals surface area contributed by atoms with E-state index in [1.165, 1.54) is 0 Å². The zero-order valence-corrected chi connectivity index (χ0v) is 9.20. The van der Waals surface area contributed by atoms with E-state index in [1.54, 1.807) is 20.8 Å². The SMILES string of the molecule is CC(C)(C)C(=O)Nc1ccc(F)c(F)c1F. The van der Waals surface area contributed by atoms with Crippen LogP contribution in [0.1, 0.15) is 20.8 Å². The fraction of sp³-hybridized carbons (Fsp3) is 0.364. The largest absolute Gasteiger partial charge is 0.323 e. The second-order valence-corrected chi connectivity index (χ2v) is 4.43. The standard InChI is InChI=1S/C11H12F3NO/c1-11(2,3)10(16)15-7-5-4-6(12)8(13)9(7)14/h4-5H,1-3H3,(H,15,16). The van der Waals surface area contributed by atoms with Crippen molar-refractivity contribution in [3.63, 3.8) is 0 Å². The highest BCUT2D eigenvalue weighted by molar-refractivity contribution is 5.94. The lowest BCUT2D eigenvalue weighted by molar-refractivity contribution is -0.123. The topological polar surface area (TPSA) is 29.1 Å². The second kappa shape index (κ2) is 4.15. The molecule has 0 aliphatic rings. The number of benzene rings is 1. The van der Waals surface area contributed by atoms with Gasteiger partial charge in [-0.25, -0.2) is 13.2 Å². The number of anilines is 1. The molecule has 0 aliphatic carbocycles. The average Bonchev–Trinajstić information content (AvgIpc) is 2.17. The molecule has 0 unspecified atom stereocenters. The lowest BCUT2D eigenvalue weighted by atomic mass is 9.95. The Morgan fingerprint density at radius 2 is 1.69 bits per heavy atom. The number of rotatable bonds is 1. The van der Waals surface area contributed by atoms with Gasteiger partial charge >= 0.3 is 0 Å². The third-order valence-electron chi connectivity index (χ3n) is 1.96. The maximum atomic E-state index is 13.2. The van der Waals surface area contributed by atoms with Gasteiger partial charge in [0.1, 0.15) is 0 Å². The Morgan fingerprint density at radius 3 is 2.19 bits per heavy atom. The number of hydrogen-bond acceptors (Lipinski definition) is 1. The number of carbonyl (C=O) groups is 1. The van der Waals surface area contributed by atoms with E-state index in [9.17, 15) is 18.0 Å². The van der Waals surface area contributed by atoms with Crippen LogP contribution in [0.2, 0.25) is 0 Å². The Labute approximate surface area is 91.5 Å². The molecule has 0 radical (unpaired) electrons. The summed E-state index contributed by atoms with van der Waals surface area (Å²) in [7, 11) is 0. The third-order valence-corrected chi connectivity index (χ3v) is 1.96. The van der Waals surface area contributed by atoms with Gasteiger partial charge < -0.3 is 5.32 Å². The van der Waals surface area contributed by atoms with Crippen molar-refractivity contribution in [2.24, 2.45) is 5.41 Å². The Hall–Kier alpha value is -1.52. The van der Waals surface area contributed by atoms with Crippen LogP contribution in [0.25, 0.3) is 0 Å². The summed E-state index contributed by atoms with van der Waals surface area (Å²) in [5, 5.41) is 2.20. The number of carbonyl (C=O) groups excluding carboxylic acids is 1. The molecule has 0 aromatic heterocycles. The fourth-order valence-corrected chi connectivity index (χ4v) is 0.932. The van der Waals surface area contributed by atoms with Crippen molar-refractivity contribution in [1.29, 1.82) is 0 Å². The number of halogens is 3. The molecular formula is C11H12F3NO.